The molecule has 1 aliphatic rings. The molecule has 0 saturated heterocycles. The van der Waals surface area contributed by atoms with Gasteiger partial charge in [-0.3, -0.25) is 4.79 Å². The maximum Gasteiger partial charge on any atom is 0.318 e. The van der Waals surface area contributed by atoms with E-state index >= 15 is 0 Å². The quantitative estimate of drug-likeness (QED) is 0.484. The molecule has 0 spiro atoms. The highest BCUT2D eigenvalue weighted by atomic mass is 16.5. The third kappa shape index (κ3) is 1.13. The molecule has 1 aromatic carbocycles. The summed E-state index contributed by atoms with van der Waals surface area (Å²) in [4.78, 5) is 11.3. The number of ether oxygens (including phenoxy) is 1. The van der Waals surface area contributed by atoms with Crippen LogP contribution in [0.25, 0.3) is 0 Å². The fourth-order valence-corrected chi connectivity index (χ4v) is 1.79. The van der Waals surface area contributed by atoms with E-state index in [2.05, 4.69) is 13.0 Å². The number of hydrogen-bond acceptors (Lipinski definition) is 2. The molecule has 1 aromatic rings. The molecule has 13 heavy (non-hydrogen) atoms. The minimum absolute atomic E-state index is 0.0915. The molecule has 0 bridgehead atoms. The highest BCUT2D eigenvalue weighted by molar-refractivity contribution is 5.86. The molecule has 0 amide bonds. The molecule has 1 atom stereocenters. The second-order valence-corrected chi connectivity index (χ2v) is 3.33. The Morgan fingerprint density at radius 1 is 1.46 bits per heavy atom. The average Bonchev–Trinajstić information content (AvgIpc) is 2.43. The normalized spacial score (nSPS) is 19.8. The van der Waals surface area contributed by atoms with Crippen LogP contribution in [0.3, 0.4) is 0 Å². The van der Waals surface area contributed by atoms with Crippen molar-refractivity contribution in [3.05, 3.63) is 29.3 Å². The van der Waals surface area contributed by atoms with Gasteiger partial charge in [-0.15, -0.1) is 0 Å². The van der Waals surface area contributed by atoms with E-state index in [0.29, 0.717) is 0 Å². The summed E-state index contributed by atoms with van der Waals surface area (Å²) in [5.41, 5.74) is 2.30. The summed E-state index contributed by atoms with van der Waals surface area (Å²) in [5.74, 6) is 0.527. The van der Waals surface area contributed by atoms with Crippen molar-refractivity contribution in [2.75, 3.05) is 0 Å². The van der Waals surface area contributed by atoms with Crippen molar-refractivity contribution in [1.29, 1.82) is 0 Å². The predicted octanol–water partition coefficient (Wildman–Crippen LogP) is 2.27. The predicted molar refractivity (Wildman–Crippen MR) is 49.9 cm³/mol. The summed E-state index contributed by atoms with van der Waals surface area (Å²) < 4.78 is 5.12. The molecule has 2 heteroatoms. The van der Waals surface area contributed by atoms with E-state index in [9.17, 15) is 4.79 Å². The first-order chi connectivity index (χ1) is 6.24. The van der Waals surface area contributed by atoms with Crippen LogP contribution >= 0.6 is 0 Å². The van der Waals surface area contributed by atoms with Gasteiger partial charge in [-0.1, -0.05) is 19.1 Å². The SMILES string of the molecule is CCc1cccc2c1C(C)C(=O)O2. The van der Waals surface area contributed by atoms with Crippen molar-refractivity contribution in [2.45, 2.75) is 26.2 Å². The topological polar surface area (TPSA) is 26.3 Å². The number of aryl methyl sites for hydroxylation is 1. The van der Waals surface area contributed by atoms with Gasteiger partial charge in [-0.2, -0.15) is 0 Å². The number of esters is 1. The lowest BCUT2D eigenvalue weighted by atomic mass is 9.96. The van der Waals surface area contributed by atoms with Crippen LogP contribution in [0, 0.1) is 0 Å². The summed E-state index contributed by atoms with van der Waals surface area (Å²) in [5, 5.41) is 0. The molecular formula is C11H12O2. The zero-order valence-electron chi connectivity index (χ0n) is 7.83. The van der Waals surface area contributed by atoms with E-state index in [-0.39, 0.29) is 11.9 Å². The van der Waals surface area contributed by atoms with Gasteiger partial charge in [0.15, 0.2) is 0 Å². The van der Waals surface area contributed by atoms with Crippen LogP contribution in [0.4, 0.5) is 0 Å². The fourth-order valence-electron chi connectivity index (χ4n) is 1.79. The molecular weight excluding hydrogens is 164 g/mol. The molecule has 0 aromatic heterocycles. The Morgan fingerprint density at radius 2 is 2.23 bits per heavy atom. The van der Waals surface area contributed by atoms with Gasteiger partial charge in [0.1, 0.15) is 5.75 Å². The summed E-state index contributed by atoms with van der Waals surface area (Å²) in [6.07, 6.45) is 0.949. The Hall–Kier alpha value is -1.31. The van der Waals surface area contributed by atoms with Gasteiger partial charge in [0.05, 0.1) is 5.92 Å². The molecule has 2 nitrogen and oxygen atoms in total. The fraction of sp³-hybridized carbons (Fsp3) is 0.364. The van der Waals surface area contributed by atoms with Gasteiger partial charge in [-0.05, 0) is 25.0 Å². The van der Waals surface area contributed by atoms with Gasteiger partial charge in [0.25, 0.3) is 0 Å². The van der Waals surface area contributed by atoms with Gasteiger partial charge in [0, 0.05) is 5.56 Å². The van der Waals surface area contributed by atoms with Crippen LogP contribution in [0.1, 0.15) is 30.9 Å². The Bertz CT molecular complexity index is 355. The first-order valence-electron chi connectivity index (χ1n) is 4.57. The van der Waals surface area contributed by atoms with Gasteiger partial charge in [-0.25, -0.2) is 0 Å². The van der Waals surface area contributed by atoms with Crippen molar-refractivity contribution >= 4 is 5.97 Å². The maximum atomic E-state index is 11.3. The van der Waals surface area contributed by atoms with E-state index in [1.54, 1.807) is 0 Å². The lowest BCUT2D eigenvalue weighted by Gasteiger charge is -2.05. The highest BCUT2D eigenvalue weighted by Gasteiger charge is 2.30. The lowest BCUT2D eigenvalue weighted by molar-refractivity contribution is -0.133. The maximum absolute atomic E-state index is 11.3. The number of carbonyl (C=O) groups is 1. The number of rotatable bonds is 1. The molecule has 0 fully saturated rings. The largest absolute Gasteiger partial charge is 0.426 e. The molecule has 68 valence electrons. The van der Waals surface area contributed by atoms with E-state index in [0.717, 1.165) is 17.7 Å². The van der Waals surface area contributed by atoms with E-state index < -0.39 is 0 Å². The minimum atomic E-state index is -0.129. The summed E-state index contributed by atoms with van der Waals surface area (Å²) in [6.45, 7) is 3.98. The molecule has 1 heterocycles. The number of fused-ring (bicyclic) bond motifs is 1. The first kappa shape index (κ1) is 8.30. The van der Waals surface area contributed by atoms with Gasteiger partial charge < -0.3 is 4.74 Å². The van der Waals surface area contributed by atoms with E-state index in [1.807, 2.05) is 19.1 Å². The summed E-state index contributed by atoms with van der Waals surface area (Å²) in [6, 6.07) is 5.84. The average molecular weight is 176 g/mol. The van der Waals surface area contributed by atoms with Crippen molar-refractivity contribution in [3.8, 4) is 5.75 Å². The van der Waals surface area contributed by atoms with E-state index in [1.165, 1.54) is 5.56 Å². The van der Waals surface area contributed by atoms with Crippen LogP contribution in [-0.4, -0.2) is 5.97 Å². The van der Waals surface area contributed by atoms with Crippen molar-refractivity contribution in [3.63, 3.8) is 0 Å². The van der Waals surface area contributed by atoms with Crippen LogP contribution in [0.5, 0.6) is 5.75 Å². The minimum Gasteiger partial charge on any atom is -0.426 e. The zero-order chi connectivity index (χ0) is 9.42. The molecule has 1 aliphatic heterocycles. The van der Waals surface area contributed by atoms with Crippen LogP contribution in [0.2, 0.25) is 0 Å². The molecule has 0 aliphatic carbocycles. The van der Waals surface area contributed by atoms with Crippen LogP contribution < -0.4 is 4.74 Å². The van der Waals surface area contributed by atoms with Gasteiger partial charge in [0.2, 0.25) is 0 Å². The Labute approximate surface area is 77.5 Å². The highest BCUT2D eigenvalue weighted by Crippen LogP contribution is 2.36. The van der Waals surface area contributed by atoms with Crippen LogP contribution in [0.15, 0.2) is 18.2 Å². The summed E-state index contributed by atoms with van der Waals surface area (Å²) >= 11 is 0. The molecule has 0 N–H and O–H groups in total. The smallest absolute Gasteiger partial charge is 0.318 e. The van der Waals surface area contributed by atoms with Crippen LogP contribution in [-0.2, 0) is 11.2 Å². The molecule has 1 unspecified atom stereocenters. The summed E-state index contributed by atoms with van der Waals surface area (Å²) in [7, 11) is 0. The Kier molecular flexibility index (Phi) is 1.83. The molecule has 2 rings (SSSR count). The van der Waals surface area contributed by atoms with Crippen molar-refractivity contribution in [2.24, 2.45) is 0 Å². The molecule has 0 radical (unpaired) electrons. The second-order valence-electron chi connectivity index (χ2n) is 3.33. The second kappa shape index (κ2) is 2.87. The number of carbonyl (C=O) groups excluding carboxylic acids is 1. The number of benzene rings is 1. The van der Waals surface area contributed by atoms with E-state index in [4.69, 9.17) is 4.74 Å². The third-order valence-corrected chi connectivity index (χ3v) is 2.53. The van der Waals surface area contributed by atoms with Gasteiger partial charge >= 0.3 is 5.97 Å². The monoisotopic (exact) mass is 176 g/mol. The first-order valence-corrected chi connectivity index (χ1v) is 4.57. The Morgan fingerprint density at radius 3 is 2.92 bits per heavy atom. The third-order valence-electron chi connectivity index (χ3n) is 2.53. The zero-order valence-corrected chi connectivity index (χ0v) is 7.83. The van der Waals surface area contributed by atoms with Crippen molar-refractivity contribution in [1.82, 2.24) is 0 Å². The molecule has 0 saturated carbocycles. The lowest BCUT2D eigenvalue weighted by Crippen LogP contribution is -2.06. The number of hydrogen-bond donors (Lipinski definition) is 0. The standard InChI is InChI=1S/C11H12O2/c1-3-8-5-4-6-9-10(8)7(2)11(12)13-9/h4-7H,3H2,1-2H3. The van der Waals surface area contributed by atoms with Crippen molar-refractivity contribution < 1.29 is 9.53 Å². The Balaban J connectivity index is 2.57.